The van der Waals surface area contributed by atoms with Crippen molar-refractivity contribution in [2.75, 3.05) is 0 Å². The van der Waals surface area contributed by atoms with Crippen LogP contribution in [0.25, 0.3) is 89.3 Å². The Morgan fingerprint density at radius 1 is 0.467 bits per heavy atom. The largest absolute Gasteiger partial charge is 0.454 e. The lowest BCUT2D eigenvalue weighted by atomic mass is 10.0. The molecule has 3 heteroatoms. The maximum atomic E-state index is 6.54. The van der Waals surface area contributed by atoms with E-state index < -0.39 is 0 Å². The third-order valence-corrected chi connectivity index (χ3v) is 9.54. The molecule has 0 saturated heterocycles. The Balaban J connectivity index is 1.23. The van der Waals surface area contributed by atoms with Crippen molar-refractivity contribution in [3.05, 3.63) is 144 Å². The molecule has 0 saturated carbocycles. The predicted molar refractivity (Wildman–Crippen MR) is 188 cm³/mol. The van der Waals surface area contributed by atoms with Crippen LogP contribution in [0.15, 0.2) is 138 Å². The van der Waals surface area contributed by atoms with Gasteiger partial charge in [0.25, 0.3) is 0 Å². The first-order chi connectivity index (χ1) is 22.3. The summed E-state index contributed by atoms with van der Waals surface area (Å²) >= 11 is 0. The topological polar surface area (TPSA) is 23.0 Å². The summed E-state index contributed by atoms with van der Waals surface area (Å²) < 4.78 is 11.3. The quantitative estimate of drug-likeness (QED) is 0.205. The van der Waals surface area contributed by atoms with Crippen molar-refractivity contribution in [1.82, 2.24) is 9.13 Å². The summed E-state index contributed by atoms with van der Waals surface area (Å²) in [6, 6.07) is 48.1. The summed E-state index contributed by atoms with van der Waals surface area (Å²) in [7, 11) is 0. The maximum absolute atomic E-state index is 6.54. The molecule has 0 N–H and O–H groups in total. The SMILES string of the molecule is C1=c2c(n(-c3cccc4c3oc3ccccc34)c3cc(-c4ccc5c(c4)c4ccccc4n5-c4ccccc4)ccc23)=CCC1. The molecule has 3 heterocycles. The summed E-state index contributed by atoms with van der Waals surface area (Å²) in [4.78, 5) is 0. The van der Waals surface area contributed by atoms with Crippen LogP contribution in [0.2, 0.25) is 0 Å². The van der Waals surface area contributed by atoms with Gasteiger partial charge in [0.1, 0.15) is 5.58 Å². The van der Waals surface area contributed by atoms with Gasteiger partial charge >= 0.3 is 0 Å². The van der Waals surface area contributed by atoms with Crippen LogP contribution >= 0.6 is 0 Å². The Labute approximate surface area is 259 Å². The second kappa shape index (κ2) is 9.35. The molecule has 1 aliphatic carbocycles. The average molecular weight is 577 g/mol. The van der Waals surface area contributed by atoms with Gasteiger partial charge in [0, 0.05) is 43.2 Å². The minimum Gasteiger partial charge on any atom is -0.454 e. The van der Waals surface area contributed by atoms with Gasteiger partial charge in [0.15, 0.2) is 5.58 Å². The fourth-order valence-electron chi connectivity index (χ4n) is 7.55. The van der Waals surface area contributed by atoms with Crippen LogP contribution in [-0.4, -0.2) is 9.13 Å². The fraction of sp³-hybridized carbons (Fsp3) is 0.0476. The molecule has 9 aromatic rings. The summed E-state index contributed by atoms with van der Waals surface area (Å²) in [6.45, 7) is 0. The minimum atomic E-state index is 0.921. The molecule has 0 amide bonds. The molecule has 0 unspecified atom stereocenters. The highest BCUT2D eigenvalue weighted by Gasteiger charge is 2.18. The molecule has 10 rings (SSSR count). The van der Waals surface area contributed by atoms with E-state index in [4.69, 9.17) is 4.42 Å². The number of rotatable bonds is 3. The van der Waals surface area contributed by atoms with Gasteiger partial charge in [-0.15, -0.1) is 0 Å². The van der Waals surface area contributed by atoms with Crippen molar-refractivity contribution in [2.45, 2.75) is 12.8 Å². The van der Waals surface area contributed by atoms with Gasteiger partial charge in [-0.2, -0.15) is 0 Å². The molecule has 0 atom stereocenters. The monoisotopic (exact) mass is 576 g/mol. The lowest BCUT2D eigenvalue weighted by Gasteiger charge is -2.10. The van der Waals surface area contributed by atoms with Gasteiger partial charge in [-0.05, 0) is 72.5 Å². The van der Waals surface area contributed by atoms with Crippen LogP contribution in [0, 0.1) is 0 Å². The molecule has 0 spiro atoms. The zero-order chi connectivity index (χ0) is 29.5. The molecule has 3 nitrogen and oxygen atoms in total. The van der Waals surface area contributed by atoms with E-state index in [2.05, 4.69) is 149 Å². The third-order valence-electron chi connectivity index (χ3n) is 9.54. The van der Waals surface area contributed by atoms with Crippen LogP contribution < -0.4 is 10.6 Å². The van der Waals surface area contributed by atoms with Crippen molar-refractivity contribution in [3.8, 4) is 22.5 Å². The normalized spacial score (nSPS) is 13.1. The first-order valence-electron chi connectivity index (χ1n) is 15.7. The van der Waals surface area contributed by atoms with E-state index in [1.807, 2.05) is 6.07 Å². The highest BCUT2D eigenvalue weighted by atomic mass is 16.3. The Morgan fingerprint density at radius 2 is 1.20 bits per heavy atom. The van der Waals surface area contributed by atoms with Crippen LogP contribution in [0.3, 0.4) is 0 Å². The molecule has 0 radical (unpaired) electrons. The van der Waals surface area contributed by atoms with Crippen LogP contribution in [-0.2, 0) is 0 Å². The van der Waals surface area contributed by atoms with Crippen molar-refractivity contribution in [3.63, 3.8) is 0 Å². The van der Waals surface area contributed by atoms with E-state index in [0.717, 1.165) is 40.5 Å². The average Bonchev–Trinajstić information content (AvgIpc) is 3.76. The van der Waals surface area contributed by atoms with Crippen LogP contribution in [0.4, 0.5) is 0 Å². The van der Waals surface area contributed by atoms with Crippen molar-refractivity contribution in [1.29, 1.82) is 0 Å². The maximum Gasteiger partial charge on any atom is 0.159 e. The van der Waals surface area contributed by atoms with Gasteiger partial charge in [-0.1, -0.05) is 97.1 Å². The van der Waals surface area contributed by atoms with Gasteiger partial charge in [0.2, 0.25) is 0 Å². The zero-order valence-electron chi connectivity index (χ0n) is 24.6. The third kappa shape index (κ3) is 3.52. The van der Waals surface area contributed by atoms with E-state index in [0.29, 0.717) is 0 Å². The number of nitrogens with zero attached hydrogens (tertiary/aromatic N) is 2. The lowest BCUT2D eigenvalue weighted by Crippen LogP contribution is -2.30. The highest BCUT2D eigenvalue weighted by Crippen LogP contribution is 2.37. The molecule has 0 aliphatic heterocycles. The fourth-order valence-corrected chi connectivity index (χ4v) is 7.55. The number of aromatic nitrogens is 2. The molecule has 45 heavy (non-hydrogen) atoms. The number of para-hydroxylation sites is 4. The van der Waals surface area contributed by atoms with Crippen LogP contribution in [0.5, 0.6) is 0 Å². The number of hydrogen-bond acceptors (Lipinski definition) is 1. The van der Waals surface area contributed by atoms with E-state index in [1.54, 1.807) is 0 Å². The molecule has 1 aliphatic rings. The molecule has 6 aromatic carbocycles. The number of benzene rings is 6. The smallest absolute Gasteiger partial charge is 0.159 e. The Hall–Kier alpha value is -5.80. The molecule has 0 bridgehead atoms. The number of hydrogen-bond donors (Lipinski definition) is 0. The molecule has 3 aromatic heterocycles. The van der Waals surface area contributed by atoms with Crippen molar-refractivity contribution < 1.29 is 4.42 Å². The van der Waals surface area contributed by atoms with E-state index in [-0.39, 0.29) is 0 Å². The minimum absolute atomic E-state index is 0.921. The van der Waals surface area contributed by atoms with E-state index in [1.165, 1.54) is 60.1 Å². The first kappa shape index (κ1) is 24.6. The van der Waals surface area contributed by atoms with Crippen molar-refractivity contribution in [2.24, 2.45) is 0 Å². The van der Waals surface area contributed by atoms with Gasteiger partial charge in [-0.25, -0.2) is 0 Å². The summed E-state index contributed by atoms with van der Waals surface area (Å²) in [6.07, 6.45) is 6.89. The molecular formula is C42H28N2O. The second-order valence-corrected chi connectivity index (χ2v) is 12.0. The molecule has 212 valence electrons. The Kier molecular flexibility index (Phi) is 5.11. The molecule has 0 fully saturated rings. The summed E-state index contributed by atoms with van der Waals surface area (Å²) in [5.41, 5.74) is 10.2. The summed E-state index contributed by atoms with van der Waals surface area (Å²) in [5.74, 6) is 0. The lowest BCUT2D eigenvalue weighted by molar-refractivity contribution is 0.665. The summed E-state index contributed by atoms with van der Waals surface area (Å²) in [5, 5.41) is 8.67. The van der Waals surface area contributed by atoms with Gasteiger partial charge < -0.3 is 13.6 Å². The van der Waals surface area contributed by atoms with Crippen molar-refractivity contribution >= 4 is 66.8 Å². The number of furan rings is 1. The van der Waals surface area contributed by atoms with E-state index in [9.17, 15) is 0 Å². The Morgan fingerprint density at radius 3 is 2.13 bits per heavy atom. The first-order valence-corrected chi connectivity index (χ1v) is 15.7. The standard InChI is InChI=1S/C42H28N2O/c1-2-11-29(12-3-1)43-36-17-7-5-14-31(36)35-25-27(22-24-38(35)43)28-21-23-32-30-13-4-8-18-37(30)44(40(32)26-28)39-19-10-16-34-33-15-6-9-20-41(33)45-42(34)39/h1-3,5-7,9-26H,4,8H2. The predicted octanol–water partition coefficient (Wildman–Crippen LogP) is 9.65. The van der Waals surface area contributed by atoms with Gasteiger partial charge in [0.05, 0.1) is 22.2 Å². The Bertz CT molecular complexity index is 2760. The van der Waals surface area contributed by atoms with Crippen LogP contribution in [0.1, 0.15) is 12.8 Å². The van der Waals surface area contributed by atoms with Gasteiger partial charge in [-0.3, -0.25) is 0 Å². The second-order valence-electron chi connectivity index (χ2n) is 12.0. The van der Waals surface area contributed by atoms with E-state index >= 15 is 0 Å². The zero-order valence-corrected chi connectivity index (χ0v) is 24.6. The molecular weight excluding hydrogens is 548 g/mol. The highest BCUT2D eigenvalue weighted by molar-refractivity contribution is 6.11. The number of fused-ring (bicyclic) bond motifs is 9.